The molecule has 1 fully saturated rings. The highest BCUT2D eigenvalue weighted by Crippen LogP contribution is 2.47. The summed E-state index contributed by atoms with van der Waals surface area (Å²) >= 11 is 0. The Balaban J connectivity index is 2.38. The molecule has 23 heavy (non-hydrogen) atoms. The van der Waals surface area contributed by atoms with E-state index in [0.29, 0.717) is 32.5 Å². The molecule has 2 atom stereocenters. The Labute approximate surface area is 138 Å². The lowest BCUT2D eigenvalue weighted by molar-refractivity contribution is -0.160. The van der Waals surface area contributed by atoms with Crippen molar-refractivity contribution in [1.29, 1.82) is 5.26 Å². The largest absolute Gasteiger partial charge is 0.465 e. The first-order valence-corrected chi connectivity index (χ1v) is 8.16. The summed E-state index contributed by atoms with van der Waals surface area (Å²) < 4.78 is 11.0. The summed E-state index contributed by atoms with van der Waals surface area (Å²) in [5, 5.41) is 9.70. The highest BCUT2D eigenvalue weighted by atomic mass is 16.5. The Morgan fingerprint density at radius 2 is 2.09 bits per heavy atom. The van der Waals surface area contributed by atoms with Crippen molar-refractivity contribution in [2.75, 3.05) is 13.2 Å². The van der Waals surface area contributed by atoms with Crippen molar-refractivity contribution in [2.24, 2.45) is 11.3 Å². The standard InChI is InChI=1S/C19H25NO3/c1-4-22-17(21)16(13-20)19(10-11-23-18(2,3)14-19)12-15-8-6-5-7-9-15/h5-9,16H,4,10-12,14H2,1-3H3/t16-,19-/m0/s1. The van der Waals surface area contributed by atoms with Crippen LogP contribution in [0, 0.1) is 22.7 Å². The zero-order chi connectivity index (χ0) is 16.9. The third-order valence-corrected chi connectivity index (χ3v) is 4.53. The first-order valence-electron chi connectivity index (χ1n) is 8.16. The van der Waals surface area contributed by atoms with E-state index in [1.165, 1.54) is 0 Å². The Hall–Kier alpha value is -1.86. The van der Waals surface area contributed by atoms with Crippen LogP contribution in [0.1, 0.15) is 39.2 Å². The molecule has 1 aromatic carbocycles. The maximum Gasteiger partial charge on any atom is 0.323 e. The molecule has 0 saturated carbocycles. The molecule has 4 heteroatoms. The number of carbonyl (C=O) groups excluding carboxylic acids is 1. The van der Waals surface area contributed by atoms with Crippen LogP contribution in [0.25, 0.3) is 0 Å². The van der Waals surface area contributed by atoms with E-state index < -0.39 is 17.3 Å². The van der Waals surface area contributed by atoms with E-state index >= 15 is 0 Å². The zero-order valence-electron chi connectivity index (χ0n) is 14.2. The molecule has 1 heterocycles. The van der Waals surface area contributed by atoms with Crippen LogP contribution in [-0.4, -0.2) is 24.8 Å². The fraction of sp³-hybridized carbons (Fsp3) is 0.579. The molecule has 124 valence electrons. The molecule has 1 aromatic rings. The fourth-order valence-electron chi connectivity index (χ4n) is 3.68. The van der Waals surface area contributed by atoms with Gasteiger partial charge in [0.15, 0.2) is 0 Å². The monoisotopic (exact) mass is 315 g/mol. The van der Waals surface area contributed by atoms with Gasteiger partial charge >= 0.3 is 5.97 Å². The van der Waals surface area contributed by atoms with Gasteiger partial charge in [0.1, 0.15) is 5.92 Å². The van der Waals surface area contributed by atoms with Crippen LogP contribution >= 0.6 is 0 Å². The smallest absolute Gasteiger partial charge is 0.323 e. The number of nitrogens with zero attached hydrogens (tertiary/aromatic N) is 1. The lowest BCUT2D eigenvalue weighted by atomic mass is 9.63. The van der Waals surface area contributed by atoms with Crippen molar-refractivity contribution in [1.82, 2.24) is 0 Å². The topological polar surface area (TPSA) is 59.3 Å². The summed E-state index contributed by atoms with van der Waals surface area (Å²) in [5.41, 5.74) is 0.327. The number of hydrogen-bond donors (Lipinski definition) is 0. The van der Waals surface area contributed by atoms with E-state index in [4.69, 9.17) is 9.47 Å². The molecule has 0 unspecified atom stereocenters. The normalized spacial score (nSPS) is 24.4. The van der Waals surface area contributed by atoms with Crippen LogP contribution in [0.15, 0.2) is 30.3 Å². The third-order valence-electron chi connectivity index (χ3n) is 4.53. The first-order chi connectivity index (χ1) is 10.9. The average Bonchev–Trinajstić information content (AvgIpc) is 2.48. The molecule has 1 aliphatic heterocycles. The Kier molecular flexibility index (Phi) is 5.43. The number of rotatable bonds is 5. The predicted molar refractivity (Wildman–Crippen MR) is 87.6 cm³/mol. The van der Waals surface area contributed by atoms with Gasteiger partial charge in [0.2, 0.25) is 0 Å². The van der Waals surface area contributed by atoms with Gasteiger partial charge in [-0.2, -0.15) is 5.26 Å². The molecule has 0 aliphatic carbocycles. The minimum absolute atomic E-state index is 0.290. The van der Waals surface area contributed by atoms with Gasteiger partial charge in [-0.3, -0.25) is 4.79 Å². The maximum absolute atomic E-state index is 12.4. The molecule has 0 N–H and O–H groups in total. The lowest BCUT2D eigenvalue weighted by Gasteiger charge is -2.46. The zero-order valence-corrected chi connectivity index (χ0v) is 14.2. The SMILES string of the molecule is CCOC(=O)[C@H](C#N)[C@]1(Cc2ccccc2)CCOC(C)(C)C1. The van der Waals surface area contributed by atoms with E-state index in [1.807, 2.05) is 44.2 Å². The number of hydrogen-bond acceptors (Lipinski definition) is 4. The summed E-state index contributed by atoms with van der Waals surface area (Å²) in [7, 11) is 0. The van der Waals surface area contributed by atoms with Crippen molar-refractivity contribution in [3.63, 3.8) is 0 Å². The van der Waals surface area contributed by atoms with Crippen molar-refractivity contribution in [3.8, 4) is 6.07 Å². The number of esters is 1. The highest BCUT2D eigenvalue weighted by molar-refractivity contribution is 5.76. The molecule has 1 saturated heterocycles. The maximum atomic E-state index is 12.4. The van der Waals surface area contributed by atoms with E-state index in [2.05, 4.69) is 6.07 Å². The summed E-state index contributed by atoms with van der Waals surface area (Å²) in [6, 6.07) is 12.3. The van der Waals surface area contributed by atoms with Gasteiger partial charge in [-0.05, 0) is 45.6 Å². The fourth-order valence-corrected chi connectivity index (χ4v) is 3.68. The van der Waals surface area contributed by atoms with Crippen LogP contribution in [0.2, 0.25) is 0 Å². The second-order valence-corrected chi connectivity index (χ2v) is 6.87. The van der Waals surface area contributed by atoms with Gasteiger partial charge in [-0.15, -0.1) is 0 Å². The van der Waals surface area contributed by atoms with Gasteiger partial charge in [0.05, 0.1) is 18.3 Å². The van der Waals surface area contributed by atoms with Gasteiger partial charge in [0, 0.05) is 12.0 Å². The number of ether oxygens (including phenoxy) is 2. The molecule has 0 bridgehead atoms. The molecule has 0 amide bonds. The Bertz CT molecular complexity index is 576. The molecule has 0 radical (unpaired) electrons. The second-order valence-electron chi connectivity index (χ2n) is 6.87. The van der Waals surface area contributed by atoms with Gasteiger partial charge in [0.25, 0.3) is 0 Å². The van der Waals surface area contributed by atoms with E-state index in [1.54, 1.807) is 6.92 Å². The number of nitriles is 1. The second kappa shape index (κ2) is 7.14. The van der Waals surface area contributed by atoms with Crippen LogP contribution in [0.5, 0.6) is 0 Å². The van der Waals surface area contributed by atoms with Crippen LogP contribution in [-0.2, 0) is 20.7 Å². The summed E-state index contributed by atoms with van der Waals surface area (Å²) in [6.07, 6.45) is 2.02. The Morgan fingerprint density at radius 1 is 1.39 bits per heavy atom. The van der Waals surface area contributed by atoms with E-state index in [0.717, 1.165) is 5.56 Å². The van der Waals surface area contributed by atoms with Crippen molar-refractivity contribution < 1.29 is 14.3 Å². The van der Waals surface area contributed by atoms with Gasteiger partial charge < -0.3 is 9.47 Å². The predicted octanol–water partition coefficient (Wildman–Crippen LogP) is 3.51. The third kappa shape index (κ3) is 4.11. The summed E-state index contributed by atoms with van der Waals surface area (Å²) in [4.78, 5) is 12.4. The molecule has 0 spiro atoms. The Morgan fingerprint density at radius 3 is 2.65 bits per heavy atom. The lowest BCUT2D eigenvalue weighted by Crippen LogP contribution is -2.48. The minimum atomic E-state index is -0.772. The van der Waals surface area contributed by atoms with Gasteiger partial charge in [-0.1, -0.05) is 30.3 Å². The molecular weight excluding hydrogens is 290 g/mol. The first kappa shape index (κ1) is 17.5. The van der Waals surface area contributed by atoms with Crippen LogP contribution < -0.4 is 0 Å². The van der Waals surface area contributed by atoms with Crippen LogP contribution in [0.4, 0.5) is 0 Å². The molecular formula is C19H25NO3. The molecule has 4 nitrogen and oxygen atoms in total. The van der Waals surface area contributed by atoms with Gasteiger partial charge in [-0.25, -0.2) is 0 Å². The summed E-state index contributed by atoms with van der Waals surface area (Å²) in [6.45, 7) is 6.65. The quantitative estimate of drug-likeness (QED) is 0.780. The average molecular weight is 315 g/mol. The van der Waals surface area contributed by atoms with Crippen LogP contribution in [0.3, 0.4) is 0 Å². The van der Waals surface area contributed by atoms with Crippen molar-refractivity contribution in [3.05, 3.63) is 35.9 Å². The number of benzene rings is 1. The highest BCUT2D eigenvalue weighted by Gasteiger charge is 2.49. The van der Waals surface area contributed by atoms with Crippen molar-refractivity contribution >= 4 is 5.97 Å². The van der Waals surface area contributed by atoms with E-state index in [-0.39, 0.29) is 5.60 Å². The number of carbonyl (C=O) groups is 1. The molecule has 0 aromatic heterocycles. The van der Waals surface area contributed by atoms with E-state index in [9.17, 15) is 10.1 Å². The minimum Gasteiger partial charge on any atom is -0.465 e. The molecule has 2 rings (SSSR count). The summed E-state index contributed by atoms with van der Waals surface area (Å²) in [5.74, 6) is -1.19. The van der Waals surface area contributed by atoms with Crippen molar-refractivity contribution in [2.45, 2.75) is 45.6 Å². The molecule has 1 aliphatic rings.